The smallest absolute Gasteiger partial charge is 0.244 e. The zero-order chi connectivity index (χ0) is 15.8. The largest absolute Gasteiger partial charge is 0.394 e. The van der Waals surface area contributed by atoms with Crippen LogP contribution in [-0.4, -0.2) is 35.5 Å². The first-order valence-electron chi connectivity index (χ1n) is 7.36. The minimum atomic E-state index is -3.69. The van der Waals surface area contributed by atoms with Gasteiger partial charge in [0.05, 0.1) is 23.5 Å². The average molecular weight is 315 g/mol. The van der Waals surface area contributed by atoms with Crippen molar-refractivity contribution in [3.05, 3.63) is 11.4 Å². The van der Waals surface area contributed by atoms with Gasteiger partial charge in [-0.3, -0.25) is 4.68 Å². The van der Waals surface area contributed by atoms with E-state index >= 15 is 0 Å². The standard InChI is InChI=1S/C14H25N3O3S/c1-10-6-5-7-14(8-10,9-18)16-21(19,20)13-11(2)15-17(4)12(13)3/h10,16,18H,5-9H2,1-4H3. The van der Waals surface area contributed by atoms with Gasteiger partial charge in [-0.15, -0.1) is 0 Å². The fraction of sp³-hybridized carbons (Fsp3) is 0.786. The lowest BCUT2D eigenvalue weighted by molar-refractivity contribution is 0.119. The lowest BCUT2D eigenvalue weighted by atomic mass is 9.78. The molecule has 1 aromatic rings. The normalized spacial score (nSPS) is 27.0. The molecule has 1 aliphatic rings. The molecule has 1 saturated carbocycles. The molecule has 0 aliphatic heterocycles. The number of aliphatic hydroxyl groups is 1. The van der Waals surface area contributed by atoms with E-state index in [1.807, 2.05) is 0 Å². The Morgan fingerprint density at radius 1 is 1.48 bits per heavy atom. The number of aliphatic hydroxyl groups excluding tert-OH is 1. The van der Waals surface area contributed by atoms with E-state index in [1.165, 1.54) is 0 Å². The summed E-state index contributed by atoms with van der Waals surface area (Å²) < 4.78 is 29.8. The van der Waals surface area contributed by atoms with Crippen LogP contribution in [0.4, 0.5) is 0 Å². The maximum atomic E-state index is 12.8. The van der Waals surface area contributed by atoms with Crippen LogP contribution < -0.4 is 4.72 Å². The van der Waals surface area contributed by atoms with Crippen LogP contribution in [0.1, 0.15) is 44.0 Å². The van der Waals surface area contributed by atoms with Crippen LogP contribution in [0.25, 0.3) is 0 Å². The van der Waals surface area contributed by atoms with Gasteiger partial charge in [-0.05, 0) is 32.6 Å². The van der Waals surface area contributed by atoms with E-state index < -0.39 is 15.6 Å². The van der Waals surface area contributed by atoms with Gasteiger partial charge in [0.2, 0.25) is 10.0 Å². The third kappa shape index (κ3) is 3.14. The van der Waals surface area contributed by atoms with Gasteiger partial charge in [0.25, 0.3) is 0 Å². The van der Waals surface area contributed by atoms with E-state index in [1.54, 1.807) is 25.6 Å². The Morgan fingerprint density at radius 2 is 2.14 bits per heavy atom. The highest BCUT2D eigenvalue weighted by Gasteiger charge is 2.39. The van der Waals surface area contributed by atoms with Crippen molar-refractivity contribution < 1.29 is 13.5 Å². The van der Waals surface area contributed by atoms with E-state index in [4.69, 9.17) is 0 Å². The molecule has 1 aromatic heterocycles. The van der Waals surface area contributed by atoms with Gasteiger partial charge in [-0.25, -0.2) is 13.1 Å². The number of nitrogens with zero attached hydrogens (tertiary/aromatic N) is 2. The Bertz CT molecular complexity index is 624. The second-order valence-electron chi connectivity index (χ2n) is 6.37. The van der Waals surface area contributed by atoms with Crippen molar-refractivity contribution in [1.29, 1.82) is 0 Å². The molecule has 21 heavy (non-hydrogen) atoms. The fourth-order valence-corrected chi connectivity index (χ4v) is 5.28. The zero-order valence-electron chi connectivity index (χ0n) is 13.2. The summed E-state index contributed by atoms with van der Waals surface area (Å²) in [6, 6.07) is 0. The molecule has 2 atom stereocenters. The molecule has 2 unspecified atom stereocenters. The molecule has 2 rings (SSSR count). The van der Waals surface area contributed by atoms with Crippen molar-refractivity contribution in [2.24, 2.45) is 13.0 Å². The van der Waals surface area contributed by atoms with Crippen molar-refractivity contribution in [3.63, 3.8) is 0 Å². The highest BCUT2D eigenvalue weighted by atomic mass is 32.2. The van der Waals surface area contributed by atoms with Crippen molar-refractivity contribution in [2.75, 3.05) is 6.61 Å². The van der Waals surface area contributed by atoms with Crippen LogP contribution in [-0.2, 0) is 17.1 Å². The monoisotopic (exact) mass is 315 g/mol. The first kappa shape index (κ1) is 16.5. The molecular formula is C14H25N3O3S. The summed E-state index contributed by atoms with van der Waals surface area (Å²) in [5.74, 6) is 0.407. The third-order valence-electron chi connectivity index (χ3n) is 4.46. The number of hydrogen-bond donors (Lipinski definition) is 2. The molecule has 120 valence electrons. The molecule has 2 N–H and O–H groups in total. The minimum absolute atomic E-state index is 0.172. The number of sulfonamides is 1. The predicted molar refractivity (Wildman–Crippen MR) is 80.5 cm³/mol. The van der Waals surface area contributed by atoms with Crippen LogP contribution in [0.2, 0.25) is 0 Å². The highest BCUT2D eigenvalue weighted by molar-refractivity contribution is 7.89. The van der Waals surface area contributed by atoms with E-state index in [-0.39, 0.29) is 11.5 Å². The first-order chi connectivity index (χ1) is 9.71. The average Bonchev–Trinajstić information content (AvgIpc) is 2.63. The summed E-state index contributed by atoms with van der Waals surface area (Å²) >= 11 is 0. The van der Waals surface area contributed by atoms with E-state index in [0.29, 0.717) is 30.1 Å². The number of aryl methyl sites for hydroxylation is 2. The topological polar surface area (TPSA) is 84.2 Å². The summed E-state index contributed by atoms with van der Waals surface area (Å²) in [6.45, 7) is 5.35. The maximum Gasteiger partial charge on any atom is 0.244 e. The molecule has 1 heterocycles. The summed E-state index contributed by atoms with van der Waals surface area (Å²) in [6.07, 6.45) is 3.34. The van der Waals surface area contributed by atoms with Gasteiger partial charge < -0.3 is 5.11 Å². The van der Waals surface area contributed by atoms with Gasteiger partial charge in [-0.2, -0.15) is 5.10 Å². The second kappa shape index (κ2) is 5.70. The lowest BCUT2D eigenvalue weighted by Crippen LogP contribution is -2.53. The lowest BCUT2D eigenvalue weighted by Gasteiger charge is -2.39. The molecule has 6 nitrogen and oxygen atoms in total. The number of nitrogens with one attached hydrogen (secondary N) is 1. The SMILES string of the molecule is Cc1nn(C)c(C)c1S(=O)(=O)NC1(CO)CCCC(C)C1. The molecule has 1 fully saturated rings. The van der Waals surface area contributed by atoms with Crippen molar-refractivity contribution >= 4 is 10.0 Å². The van der Waals surface area contributed by atoms with Gasteiger partial charge in [0.15, 0.2) is 0 Å². The zero-order valence-corrected chi connectivity index (χ0v) is 14.0. The molecule has 0 amide bonds. The Morgan fingerprint density at radius 3 is 2.62 bits per heavy atom. The Hall–Kier alpha value is -0.920. The molecule has 0 aromatic carbocycles. The van der Waals surface area contributed by atoms with Crippen molar-refractivity contribution in [1.82, 2.24) is 14.5 Å². The van der Waals surface area contributed by atoms with Crippen LogP contribution in [0.3, 0.4) is 0 Å². The van der Waals surface area contributed by atoms with Crippen LogP contribution in [0.5, 0.6) is 0 Å². The summed E-state index contributed by atoms with van der Waals surface area (Å²) in [7, 11) is -1.96. The molecule has 0 radical (unpaired) electrons. The number of rotatable bonds is 4. The number of aromatic nitrogens is 2. The molecule has 1 aliphatic carbocycles. The highest BCUT2D eigenvalue weighted by Crippen LogP contribution is 2.33. The predicted octanol–water partition coefficient (Wildman–Crippen LogP) is 1.26. The molecule has 0 bridgehead atoms. The maximum absolute atomic E-state index is 12.8. The van der Waals surface area contributed by atoms with Gasteiger partial charge >= 0.3 is 0 Å². The summed E-state index contributed by atoms with van der Waals surface area (Å²) in [5, 5.41) is 13.9. The minimum Gasteiger partial charge on any atom is -0.394 e. The molecule has 0 saturated heterocycles. The molecule has 7 heteroatoms. The Kier molecular flexibility index (Phi) is 4.46. The fourth-order valence-electron chi connectivity index (χ4n) is 3.41. The van der Waals surface area contributed by atoms with E-state index in [9.17, 15) is 13.5 Å². The van der Waals surface area contributed by atoms with Crippen molar-refractivity contribution in [3.8, 4) is 0 Å². The summed E-state index contributed by atoms with van der Waals surface area (Å²) in [4.78, 5) is 0.232. The van der Waals surface area contributed by atoms with Crippen LogP contribution in [0.15, 0.2) is 4.90 Å². The van der Waals surface area contributed by atoms with Crippen molar-refractivity contribution in [2.45, 2.75) is 56.9 Å². The van der Waals surface area contributed by atoms with Gasteiger partial charge in [-0.1, -0.05) is 19.8 Å². The van der Waals surface area contributed by atoms with Gasteiger partial charge in [0, 0.05) is 7.05 Å². The van der Waals surface area contributed by atoms with E-state index in [0.717, 1.165) is 12.8 Å². The summed E-state index contributed by atoms with van der Waals surface area (Å²) in [5.41, 5.74) is 0.349. The third-order valence-corrected chi connectivity index (χ3v) is 6.29. The Balaban J connectivity index is 2.36. The van der Waals surface area contributed by atoms with Gasteiger partial charge in [0.1, 0.15) is 4.90 Å². The van der Waals surface area contributed by atoms with E-state index in [2.05, 4.69) is 16.7 Å². The quantitative estimate of drug-likeness (QED) is 0.876. The van der Waals surface area contributed by atoms with Crippen LogP contribution in [0, 0.1) is 19.8 Å². The van der Waals surface area contributed by atoms with Crippen LogP contribution >= 0.6 is 0 Å². The first-order valence-corrected chi connectivity index (χ1v) is 8.84. The number of hydrogen-bond acceptors (Lipinski definition) is 4. The Labute approximate surface area is 126 Å². The molecule has 0 spiro atoms. The second-order valence-corrected chi connectivity index (χ2v) is 7.99. The molecular weight excluding hydrogens is 290 g/mol.